The van der Waals surface area contributed by atoms with Crippen molar-refractivity contribution in [2.24, 2.45) is 11.1 Å². The average molecular weight is 221 g/mol. The summed E-state index contributed by atoms with van der Waals surface area (Å²) in [4.78, 5) is 4.32. The average Bonchev–Trinajstić information content (AvgIpc) is 2.16. The lowest BCUT2D eigenvalue weighted by molar-refractivity contribution is 0.328. The second kappa shape index (κ2) is 5.30. The summed E-state index contributed by atoms with van der Waals surface area (Å²) in [6, 6.07) is 4.42. The first kappa shape index (κ1) is 13.0. The van der Waals surface area contributed by atoms with Gasteiger partial charge in [-0.25, -0.2) is 4.98 Å². The van der Waals surface area contributed by atoms with E-state index < -0.39 is 0 Å². The third kappa shape index (κ3) is 3.81. The van der Waals surface area contributed by atoms with Crippen LogP contribution in [0.2, 0.25) is 0 Å². The molecule has 0 radical (unpaired) electrons. The first-order chi connectivity index (χ1) is 7.43. The topological polar surface area (TPSA) is 50.9 Å². The molecule has 1 rings (SSSR count). The number of anilines is 1. The number of pyridine rings is 1. The third-order valence-corrected chi connectivity index (χ3v) is 2.74. The highest BCUT2D eigenvalue weighted by Gasteiger charge is 2.23. The van der Waals surface area contributed by atoms with Gasteiger partial charge in [0.1, 0.15) is 5.82 Å². The van der Waals surface area contributed by atoms with Gasteiger partial charge >= 0.3 is 0 Å². The lowest BCUT2D eigenvalue weighted by Gasteiger charge is -2.31. The Balaban J connectivity index is 2.76. The van der Waals surface area contributed by atoms with Crippen molar-refractivity contribution in [3.63, 3.8) is 0 Å². The van der Waals surface area contributed by atoms with Crippen LogP contribution in [-0.2, 0) is 0 Å². The van der Waals surface area contributed by atoms with Gasteiger partial charge in [-0.05, 0) is 43.0 Å². The van der Waals surface area contributed by atoms with Crippen molar-refractivity contribution in [3.05, 3.63) is 23.9 Å². The second-order valence-electron chi connectivity index (χ2n) is 5.36. The van der Waals surface area contributed by atoms with Gasteiger partial charge in [-0.3, -0.25) is 0 Å². The fraction of sp³-hybridized carbons (Fsp3) is 0.615. The summed E-state index contributed by atoms with van der Waals surface area (Å²) in [7, 11) is 0. The van der Waals surface area contributed by atoms with Gasteiger partial charge < -0.3 is 11.1 Å². The van der Waals surface area contributed by atoms with Gasteiger partial charge in [0, 0.05) is 12.2 Å². The lowest BCUT2D eigenvalue weighted by Crippen LogP contribution is -2.36. The maximum Gasteiger partial charge on any atom is 0.126 e. The Morgan fingerprint density at radius 3 is 2.62 bits per heavy atom. The Bertz CT molecular complexity index is 328. The van der Waals surface area contributed by atoms with Crippen LogP contribution in [0.25, 0.3) is 0 Å². The van der Waals surface area contributed by atoms with Gasteiger partial charge in [0.2, 0.25) is 0 Å². The molecule has 0 aliphatic heterocycles. The quantitative estimate of drug-likeness (QED) is 0.821. The fourth-order valence-corrected chi connectivity index (χ4v) is 1.68. The Labute approximate surface area is 98.5 Å². The van der Waals surface area contributed by atoms with E-state index in [9.17, 15) is 0 Å². The summed E-state index contributed by atoms with van der Waals surface area (Å²) in [5.74, 6) is 0.938. The van der Waals surface area contributed by atoms with Crippen LogP contribution in [0.4, 0.5) is 5.82 Å². The summed E-state index contributed by atoms with van der Waals surface area (Å²) in [6.07, 6.45) is 2.79. The Hall–Kier alpha value is -1.09. The van der Waals surface area contributed by atoms with E-state index in [4.69, 9.17) is 5.73 Å². The predicted octanol–water partition coefficient (Wildman–Crippen LogP) is 2.57. The van der Waals surface area contributed by atoms with Crippen LogP contribution in [0.1, 0.15) is 32.8 Å². The number of aryl methyl sites for hydroxylation is 1. The van der Waals surface area contributed by atoms with Gasteiger partial charge in [-0.1, -0.05) is 20.8 Å². The number of nitrogens with one attached hydrogen (secondary N) is 1. The first-order valence-electron chi connectivity index (χ1n) is 5.83. The summed E-state index contributed by atoms with van der Waals surface area (Å²) in [5, 5.41) is 3.47. The molecule has 0 saturated heterocycles. The molecule has 0 aliphatic carbocycles. The molecule has 1 aromatic rings. The van der Waals surface area contributed by atoms with Crippen molar-refractivity contribution in [2.45, 2.75) is 40.2 Å². The first-order valence-corrected chi connectivity index (χ1v) is 5.83. The number of nitrogens with zero attached hydrogens (tertiary/aromatic N) is 1. The molecule has 1 heterocycles. The van der Waals surface area contributed by atoms with E-state index in [2.05, 4.69) is 44.1 Å². The van der Waals surface area contributed by atoms with E-state index in [1.165, 1.54) is 5.56 Å². The lowest BCUT2D eigenvalue weighted by atomic mass is 9.85. The molecule has 90 valence electrons. The van der Waals surface area contributed by atoms with Crippen LogP contribution in [0.5, 0.6) is 0 Å². The molecule has 3 nitrogen and oxygen atoms in total. The van der Waals surface area contributed by atoms with Crippen LogP contribution >= 0.6 is 0 Å². The SMILES string of the molecule is Cc1ccnc(NC(CCN)C(C)(C)C)c1. The molecule has 1 atom stereocenters. The Morgan fingerprint density at radius 1 is 1.44 bits per heavy atom. The minimum absolute atomic E-state index is 0.185. The maximum atomic E-state index is 5.65. The molecule has 3 heteroatoms. The highest BCUT2D eigenvalue weighted by Crippen LogP contribution is 2.24. The molecule has 16 heavy (non-hydrogen) atoms. The molecule has 3 N–H and O–H groups in total. The second-order valence-corrected chi connectivity index (χ2v) is 5.36. The van der Waals surface area contributed by atoms with Crippen molar-refractivity contribution in [1.82, 2.24) is 4.98 Å². The monoisotopic (exact) mass is 221 g/mol. The summed E-state index contributed by atoms with van der Waals surface area (Å²) in [5.41, 5.74) is 7.05. The Morgan fingerprint density at radius 2 is 2.12 bits per heavy atom. The van der Waals surface area contributed by atoms with Crippen molar-refractivity contribution < 1.29 is 0 Å². The van der Waals surface area contributed by atoms with Crippen LogP contribution in [0.3, 0.4) is 0 Å². The normalized spacial score (nSPS) is 13.6. The molecule has 0 saturated carbocycles. The number of aromatic nitrogens is 1. The predicted molar refractivity (Wildman–Crippen MR) is 69.5 cm³/mol. The van der Waals surface area contributed by atoms with Gasteiger partial charge in [0.05, 0.1) is 0 Å². The number of rotatable bonds is 4. The zero-order chi connectivity index (χ0) is 12.2. The highest BCUT2D eigenvalue weighted by atomic mass is 15.0. The van der Waals surface area contributed by atoms with Crippen molar-refractivity contribution in [2.75, 3.05) is 11.9 Å². The van der Waals surface area contributed by atoms with Crippen molar-refractivity contribution in [3.8, 4) is 0 Å². The third-order valence-electron chi connectivity index (χ3n) is 2.74. The summed E-state index contributed by atoms with van der Waals surface area (Å²) in [6.45, 7) is 9.42. The molecule has 0 amide bonds. The molecule has 0 aliphatic rings. The highest BCUT2D eigenvalue weighted by molar-refractivity contribution is 5.38. The van der Waals surface area contributed by atoms with E-state index in [0.717, 1.165) is 12.2 Å². The minimum atomic E-state index is 0.185. The smallest absolute Gasteiger partial charge is 0.126 e. The van der Waals surface area contributed by atoms with Crippen LogP contribution in [0, 0.1) is 12.3 Å². The fourth-order valence-electron chi connectivity index (χ4n) is 1.68. The molecule has 0 bridgehead atoms. The number of hydrogen-bond donors (Lipinski definition) is 2. The largest absolute Gasteiger partial charge is 0.367 e. The summed E-state index contributed by atoms with van der Waals surface area (Å²) < 4.78 is 0. The zero-order valence-corrected chi connectivity index (χ0v) is 10.7. The van der Waals surface area contributed by atoms with E-state index in [1.807, 2.05) is 12.3 Å². The Kier molecular flexibility index (Phi) is 4.30. The van der Waals surface area contributed by atoms with Crippen LogP contribution in [-0.4, -0.2) is 17.6 Å². The molecule has 1 aromatic heterocycles. The molecule has 0 aromatic carbocycles. The minimum Gasteiger partial charge on any atom is -0.367 e. The van der Waals surface area contributed by atoms with E-state index in [-0.39, 0.29) is 5.41 Å². The van der Waals surface area contributed by atoms with Crippen LogP contribution < -0.4 is 11.1 Å². The van der Waals surface area contributed by atoms with E-state index in [0.29, 0.717) is 12.6 Å². The van der Waals surface area contributed by atoms with Crippen molar-refractivity contribution >= 4 is 5.82 Å². The van der Waals surface area contributed by atoms with Gasteiger partial charge in [0.15, 0.2) is 0 Å². The molecule has 0 fully saturated rings. The maximum absolute atomic E-state index is 5.65. The standard InChI is InChI=1S/C13H23N3/c1-10-6-8-15-12(9-10)16-11(5-7-14)13(2,3)4/h6,8-9,11H,5,7,14H2,1-4H3,(H,15,16). The summed E-state index contributed by atoms with van der Waals surface area (Å²) >= 11 is 0. The van der Waals surface area contributed by atoms with E-state index >= 15 is 0 Å². The van der Waals surface area contributed by atoms with Gasteiger partial charge in [-0.15, -0.1) is 0 Å². The van der Waals surface area contributed by atoms with Crippen molar-refractivity contribution in [1.29, 1.82) is 0 Å². The molecule has 1 unspecified atom stereocenters. The number of hydrogen-bond acceptors (Lipinski definition) is 3. The van der Waals surface area contributed by atoms with Gasteiger partial charge in [-0.2, -0.15) is 0 Å². The van der Waals surface area contributed by atoms with Gasteiger partial charge in [0.25, 0.3) is 0 Å². The molecular formula is C13H23N3. The number of nitrogens with two attached hydrogens (primary N) is 1. The van der Waals surface area contributed by atoms with Crippen LogP contribution in [0.15, 0.2) is 18.3 Å². The molecule has 0 spiro atoms. The van der Waals surface area contributed by atoms with E-state index in [1.54, 1.807) is 0 Å². The zero-order valence-electron chi connectivity index (χ0n) is 10.7. The molecular weight excluding hydrogens is 198 g/mol.